The van der Waals surface area contributed by atoms with E-state index >= 15 is 0 Å². The number of ether oxygens (including phenoxy) is 2. The molecule has 0 fully saturated rings. The van der Waals surface area contributed by atoms with E-state index in [1.54, 1.807) is 38.1 Å². The second-order valence-corrected chi connectivity index (χ2v) is 8.32. The van der Waals surface area contributed by atoms with Gasteiger partial charge in [-0.15, -0.1) is 0 Å². The summed E-state index contributed by atoms with van der Waals surface area (Å²) in [7, 11) is 0. The number of fused-ring (bicyclic) bond motifs is 1. The highest BCUT2D eigenvalue weighted by Crippen LogP contribution is 2.33. The topological polar surface area (TPSA) is 73.6 Å². The standard InChI is InChI=1S/C23H23ClN2O4/c1-14-10-16-11-15(4-9-20(16)28-14)21-12-18(26-30-21)13-25-22(27)23(2,3)29-19-7-5-17(24)6-8-19/h4-9,11-12,14H,10,13H2,1-3H3,(H,25,27). The molecule has 6 nitrogen and oxygen atoms in total. The lowest BCUT2D eigenvalue weighted by Gasteiger charge is -2.25. The third kappa shape index (κ3) is 4.44. The number of amides is 1. The molecule has 1 unspecified atom stereocenters. The lowest BCUT2D eigenvalue weighted by atomic mass is 10.1. The molecule has 1 atom stereocenters. The number of carbonyl (C=O) groups excluding carboxylic acids is 1. The highest BCUT2D eigenvalue weighted by molar-refractivity contribution is 6.30. The van der Waals surface area contributed by atoms with Gasteiger partial charge in [0.1, 0.15) is 23.3 Å². The minimum atomic E-state index is -1.06. The molecule has 156 valence electrons. The van der Waals surface area contributed by atoms with Crippen LogP contribution in [0, 0.1) is 0 Å². The molecule has 0 saturated carbocycles. The first-order chi connectivity index (χ1) is 14.3. The number of hydrogen-bond donors (Lipinski definition) is 1. The average molecular weight is 427 g/mol. The van der Waals surface area contributed by atoms with E-state index in [4.69, 9.17) is 25.6 Å². The van der Waals surface area contributed by atoms with E-state index in [1.807, 2.05) is 25.1 Å². The molecule has 1 aliphatic rings. The van der Waals surface area contributed by atoms with E-state index in [1.165, 1.54) is 0 Å². The smallest absolute Gasteiger partial charge is 0.263 e. The molecular formula is C23H23ClN2O4. The molecule has 0 bridgehead atoms. The molecule has 3 aromatic rings. The van der Waals surface area contributed by atoms with Gasteiger partial charge < -0.3 is 19.3 Å². The summed E-state index contributed by atoms with van der Waals surface area (Å²) < 4.78 is 17.0. The summed E-state index contributed by atoms with van der Waals surface area (Å²) in [6, 6.07) is 14.7. The van der Waals surface area contributed by atoms with E-state index in [-0.39, 0.29) is 18.6 Å². The number of nitrogens with one attached hydrogen (secondary N) is 1. The quantitative estimate of drug-likeness (QED) is 0.613. The summed E-state index contributed by atoms with van der Waals surface area (Å²) in [4.78, 5) is 12.6. The predicted octanol–water partition coefficient (Wildman–Crippen LogP) is 4.79. The van der Waals surface area contributed by atoms with Crippen LogP contribution in [0.2, 0.25) is 5.02 Å². The van der Waals surface area contributed by atoms with Gasteiger partial charge in [0.25, 0.3) is 5.91 Å². The summed E-state index contributed by atoms with van der Waals surface area (Å²) in [5, 5.41) is 7.53. The van der Waals surface area contributed by atoms with Gasteiger partial charge in [0.15, 0.2) is 11.4 Å². The van der Waals surface area contributed by atoms with Gasteiger partial charge in [-0.05, 0) is 68.8 Å². The lowest BCUT2D eigenvalue weighted by Crippen LogP contribution is -2.46. The fourth-order valence-electron chi connectivity index (χ4n) is 3.33. The van der Waals surface area contributed by atoms with Gasteiger partial charge in [0, 0.05) is 23.1 Å². The summed E-state index contributed by atoms with van der Waals surface area (Å²) in [6.45, 7) is 5.70. The van der Waals surface area contributed by atoms with Crippen molar-refractivity contribution in [3.05, 3.63) is 64.8 Å². The molecule has 4 rings (SSSR count). The molecule has 0 spiro atoms. The minimum absolute atomic E-state index is 0.189. The van der Waals surface area contributed by atoms with Gasteiger partial charge in [0.05, 0.1) is 6.54 Å². The molecule has 1 N–H and O–H groups in total. The van der Waals surface area contributed by atoms with Crippen molar-refractivity contribution in [2.45, 2.75) is 45.4 Å². The van der Waals surface area contributed by atoms with Crippen molar-refractivity contribution in [3.8, 4) is 22.8 Å². The molecule has 1 aromatic heterocycles. The molecule has 30 heavy (non-hydrogen) atoms. The highest BCUT2D eigenvalue weighted by atomic mass is 35.5. The Labute approximate surface area is 180 Å². The first-order valence-electron chi connectivity index (χ1n) is 9.78. The maximum Gasteiger partial charge on any atom is 0.263 e. The maximum atomic E-state index is 12.6. The third-order valence-corrected chi connectivity index (χ3v) is 5.15. The van der Waals surface area contributed by atoms with Crippen molar-refractivity contribution in [1.29, 1.82) is 0 Å². The average Bonchev–Trinajstić information content (AvgIpc) is 3.32. The summed E-state index contributed by atoms with van der Waals surface area (Å²) in [5.74, 6) is 1.88. The number of nitrogens with zero attached hydrogens (tertiary/aromatic N) is 1. The van der Waals surface area contributed by atoms with Gasteiger partial charge in [-0.25, -0.2) is 0 Å². The zero-order valence-electron chi connectivity index (χ0n) is 17.1. The van der Waals surface area contributed by atoms with Gasteiger partial charge in [-0.2, -0.15) is 0 Å². The van der Waals surface area contributed by atoms with Gasteiger partial charge in [-0.3, -0.25) is 4.79 Å². The minimum Gasteiger partial charge on any atom is -0.490 e. The zero-order valence-corrected chi connectivity index (χ0v) is 17.8. The fraction of sp³-hybridized carbons (Fsp3) is 0.304. The molecule has 2 aromatic carbocycles. The SMILES string of the molecule is CC1Cc2cc(-c3cc(CNC(=O)C(C)(C)Oc4ccc(Cl)cc4)no3)ccc2O1. The largest absolute Gasteiger partial charge is 0.490 e. The van der Waals surface area contributed by atoms with E-state index in [0.717, 1.165) is 23.3 Å². The molecule has 1 amide bonds. The van der Waals surface area contributed by atoms with Crippen molar-refractivity contribution in [3.63, 3.8) is 0 Å². The molecule has 0 radical (unpaired) electrons. The molecule has 1 aliphatic heterocycles. The number of halogens is 1. The number of hydrogen-bond acceptors (Lipinski definition) is 5. The van der Waals surface area contributed by atoms with E-state index in [9.17, 15) is 4.79 Å². The van der Waals surface area contributed by atoms with Gasteiger partial charge in [-0.1, -0.05) is 16.8 Å². The van der Waals surface area contributed by atoms with Crippen LogP contribution in [0.3, 0.4) is 0 Å². The normalized spacial score (nSPS) is 15.4. The van der Waals surface area contributed by atoms with Crippen molar-refractivity contribution < 1.29 is 18.8 Å². The van der Waals surface area contributed by atoms with Crippen LogP contribution in [0.25, 0.3) is 11.3 Å². The molecule has 0 aliphatic carbocycles. The second-order valence-electron chi connectivity index (χ2n) is 7.89. The number of aromatic nitrogens is 1. The lowest BCUT2D eigenvalue weighted by molar-refractivity contribution is -0.134. The Morgan fingerprint density at radius 1 is 1.23 bits per heavy atom. The Morgan fingerprint density at radius 2 is 2.00 bits per heavy atom. The first kappa shape index (κ1) is 20.3. The predicted molar refractivity (Wildman–Crippen MR) is 114 cm³/mol. The van der Waals surface area contributed by atoms with Crippen molar-refractivity contribution in [2.75, 3.05) is 0 Å². The van der Waals surface area contributed by atoms with E-state index in [0.29, 0.717) is 22.2 Å². The number of rotatable bonds is 6. The maximum absolute atomic E-state index is 12.6. The van der Waals surface area contributed by atoms with E-state index < -0.39 is 5.60 Å². The van der Waals surface area contributed by atoms with Crippen LogP contribution >= 0.6 is 11.6 Å². The summed E-state index contributed by atoms with van der Waals surface area (Å²) in [6.07, 6.45) is 1.07. The van der Waals surface area contributed by atoms with Gasteiger partial charge >= 0.3 is 0 Å². The molecule has 0 saturated heterocycles. The van der Waals surface area contributed by atoms with Crippen molar-refractivity contribution in [1.82, 2.24) is 10.5 Å². The molecule has 7 heteroatoms. The van der Waals surface area contributed by atoms with Crippen LogP contribution in [0.5, 0.6) is 11.5 Å². The Morgan fingerprint density at radius 3 is 2.77 bits per heavy atom. The van der Waals surface area contributed by atoms with Crippen LogP contribution < -0.4 is 14.8 Å². The fourth-order valence-corrected chi connectivity index (χ4v) is 3.46. The van der Waals surface area contributed by atoms with E-state index in [2.05, 4.69) is 16.5 Å². The molecular weight excluding hydrogens is 404 g/mol. The Kier molecular flexibility index (Phi) is 5.43. The first-order valence-corrected chi connectivity index (χ1v) is 10.2. The van der Waals surface area contributed by atoms with Crippen molar-refractivity contribution in [2.24, 2.45) is 0 Å². The second kappa shape index (κ2) is 8.03. The summed E-state index contributed by atoms with van der Waals surface area (Å²) in [5.41, 5.74) is 1.66. The Hall–Kier alpha value is -2.99. The van der Waals surface area contributed by atoms with Gasteiger partial charge in [0.2, 0.25) is 0 Å². The number of benzene rings is 2. The van der Waals surface area contributed by atoms with Crippen molar-refractivity contribution >= 4 is 17.5 Å². The summed E-state index contributed by atoms with van der Waals surface area (Å²) >= 11 is 5.89. The van der Waals surface area contributed by atoms with Crippen LogP contribution in [-0.4, -0.2) is 22.8 Å². The van der Waals surface area contributed by atoms with Crippen LogP contribution in [-0.2, 0) is 17.8 Å². The monoisotopic (exact) mass is 426 g/mol. The molecule has 2 heterocycles. The van der Waals surface area contributed by atoms with Crippen LogP contribution in [0.15, 0.2) is 53.1 Å². The Balaban J connectivity index is 1.37. The zero-order chi connectivity index (χ0) is 21.3. The Bertz CT molecular complexity index is 1060. The number of carbonyl (C=O) groups is 1. The van der Waals surface area contributed by atoms with Crippen LogP contribution in [0.1, 0.15) is 32.0 Å². The third-order valence-electron chi connectivity index (χ3n) is 4.90. The highest BCUT2D eigenvalue weighted by Gasteiger charge is 2.30. The van der Waals surface area contributed by atoms with Crippen LogP contribution in [0.4, 0.5) is 0 Å².